The normalized spacial score (nSPS) is 39.3. The van der Waals surface area contributed by atoms with Gasteiger partial charge in [0.25, 0.3) is 5.91 Å². The molecule has 5 aliphatic rings. The lowest BCUT2D eigenvalue weighted by Crippen LogP contribution is -2.65. The molecule has 4 fully saturated rings. The number of fused-ring (bicyclic) bond motifs is 1. The Morgan fingerprint density at radius 1 is 1.18 bits per heavy atom. The van der Waals surface area contributed by atoms with E-state index in [-0.39, 0.29) is 22.8 Å². The molecule has 2 saturated carbocycles. The number of rotatable bonds is 2. The Balaban J connectivity index is 1.44. The van der Waals surface area contributed by atoms with Gasteiger partial charge in [-0.25, -0.2) is 4.79 Å². The van der Waals surface area contributed by atoms with E-state index >= 15 is 0 Å². The number of piperidine rings is 1. The minimum Gasteiger partial charge on any atom is -0.508 e. The highest BCUT2D eigenvalue weighted by atomic mass is 16.3. The summed E-state index contributed by atoms with van der Waals surface area (Å²) in [6.07, 6.45) is 6.98. The van der Waals surface area contributed by atoms with Gasteiger partial charge in [0, 0.05) is 18.5 Å². The number of amides is 3. The van der Waals surface area contributed by atoms with Crippen LogP contribution < -0.4 is 10.6 Å². The van der Waals surface area contributed by atoms with Crippen LogP contribution in [-0.4, -0.2) is 47.1 Å². The number of nitrogens with one attached hydrogen (secondary N) is 2. The Morgan fingerprint density at radius 3 is 2.79 bits per heavy atom. The summed E-state index contributed by atoms with van der Waals surface area (Å²) in [4.78, 5) is 27.4. The van der Waals surface area contributed by atoms with Crippen molar-refractivity contribution in [3.05, 3.63) is 29.3 Å². The number of aromatic hydroxyl groups is 1. The zero-order valence-electron chi connectivity index (χ0n) is 16.1. The summed E-state index contributed by atoms with van der Waals surface area (Å²) < 4.78 is 0. The van der Waals surface area contributed by atoms with Crippen molar-refractivity contribution in [2.75, 3.05) is 19.6 Å². The summed E-state index contributed by atoms with van der Waals surface area (Å²) in [5.74, 6) is 0.991. The molecular weight excluding hydrogens is 354 g/mol. The monoisotopic (exact) mass is 381 g/mol. The molecule has 6 heteroatoms. The quantitative estimate of drug-likeness (QED) is 0.685. The van der Waals surface area contributed by atoms with Gasteiger partial charge in [-0.2, -0.15) is 0 Å². The second-order valence-corrected chi connectivity index (χ2v) is 9.98. The Bertz CT molecular complexity index is 897. The number of phenolic OH excluding ortho intramolecular Hbond substituents is 1. The van der Waals surface area contributed by atoms with Crippen LogP contribution in [0.5, 0.6) is 5.75 Å². The molecule has 2 heterocycles. The van der Waals surface area contributed by atoms with Crippen LogP contribution in [0.4, 0.5) is 4.79 Å². The van der Waals surface area contributed by atoms with Gasteiger partial charge in [0.05, 0.1) is 0 Å². The number of benzene rings is 1. The summed E-state index contributed by atoms with van der Waals surface area (Å²) in [5, 5.41) is 15.7. The molecule has 3 amide bonds. The van der Waals surface area contributed by atoms with Crippen molar-refractivity contribution < 1.29 is 14.7 Å². The molecule has 2 saturated heterocycles. The van der Waals surface area contributed by atoms with Crippen LogP contribution in [0.15, 0.2) is 18.2 Å². The molecule has 28 heavy (non-hydrogen) atoms. The average molecular weight is 381 g/mol. The van der Waals surface area contributed by atoms with Crippen molar-refractivity contribution in [1.82, 2.24) is 15.5 Å². The summed E-state index contributed by atoms with van der Waals surface area (Å²) >= 11 is 0. The van der Waals surface area contributed by atoms with Crippen LogP contribution in [0.3, 0.4) is 0 Å². The van der Waals surface area contributed by atoms with E-state index < -0.39 is 5.54 Å². The number of urea groups is 1. The first-order valence-corrected chi connectivity index (χ1v) is 10.6. The van der Waals surface area contributed by atoms with Crippen LogP contribution in [0.2, 0.25) is 0 Å². The topological polar surface area (TPSA) is 81.7 Å². The molecule has 1 aromatic rings. The molecular formula is C22H27N3O3. The number of likely N-dealkylation sites (tertiary alicyclic amines) is 1. The van der Waals surface area contributed by atoms with E-state index in [1.54, 1.807) is 6.07 Å². The Hall–Kier alpha value is -2.08. The van der Waals surface area contributed by atoms with E-state index in [0.29, 0.717) is 18.6 Å². The third-order valence-corrected chi connectivity index (χ3v) is 8.40. The van der Waals surface area contributed by atoms with E-state index in [1.807, 2.05) is 6.07 Å². The second kappa shape index (κ2) is 5.29. The summed E-state index contributed by atoms with van der Waals surface area (Å²) in [7, 11) is 0. The van der Waals surface area contributed by atoms with Gasteiger partial charge in [0.1, 0.15) is 11.3 Å². The zero-order valence-corrected chi connectivity index (χ0v) is 16.1. The van der Waals surface area contributed by atoms with Gasteiger partial charge in [-0.3, -0.25) is 10.1 Å². The summed E-state index contributed by atoms with van der Waals surface area (Å²) in [5.41, 5.74) is 1.66. The molecule has 3 N–H and O–H groups in total. The molecule has 148 valence electrons. The number of phenols is 1. The van der Waals surface area contributed by atoms with Gasteiger partial charge >= 0.3 is 6.03 Å². The van der Waals surface area contributed by atoms with Crippen molar-refractivity contribution >= 4 is 11.9 Å². The van der Waals surface area contributed by atoms with Gasteiger partial charge in [-0.1, -0.05) is 6.07 Å². The highest BCUT2D eigenvalue weighted by molar-refractivity contribution is 6.07. The number of hydrogen-bond acceptors (Lipinski definition) is 4. The highest BCUT2D eigenvalue weighted by Gasteiger charge is 2.67. The second-order valence-electron chi connectivity index (χ2n) is 9.98. The van der Waals surface area contributed by atoms with Crippen molar-refractivity contribution in [2.24, 2.45) is 11.3 Å². The number of carbonyl (C=O) groups is 2. The van der Waals surface area contributed by atoms with Crippen LogP contribution in [0.25, 0.3) is 0 Å². The predicted octanol–water partition coefficient (Wildman–Crippen LogP) is 2.05. The Labute approximate surface area is 164 Å². The molecule has 6 rings (SSSR count). The molecule has 2 aliphatic heterocycles. The van der Waals surface area contributed by atoms with Gasteiger partial charge in [0.15, 0.2) is 0 Å². The van der Waals surface area contributed by atoms with Gasteiger partial charge in [-0.05, 0) is 86.1 Å². The van der Waals surface area contributed by atoms with Crippen LogP contribution >= 0.6 is 0 Å². The van der Waals surface area contributed by atoms with E-state index in [0.717, 1.165) is 38.3 Å². The molecule has 0 radical (unpaired) electrons. The first-order chi connectivity index (χ1) is 13.4. The van der Waals surface area contributed by atoms with Gasteiger partial charge in [-0.15, -0.1) is 0 Å². The highest BCUT2D eigenvalue weighted by Crippen LogP contribution is 2.65. The van der Waals surface area contributed by atoms with Crippen molar-refractivity contribution in [2.45, 2.75) is 55.9 Å². The fourth-order valence-electron chi connectivity index (χ4n) is 6.93. The Kier molecular flexibility index (Phi) is 3.18. The minimum absolute atomic E-state index is 0.0924. The van der Waals surface area contributed by atoms with Crippen molar-refractivity contribution in [3.8, 4) is 5.75 Å². The van der Waals surface area contributed by atoms with Crippen LogP contribution in [0.1, 0.15) is 49.7 Å². The smallest absolute Gasteiger partial charge is 0.322 e. The van der Waals surface area contributed by atoms with Gasteiger partial charge < -0.3 is 15.3 Å². The van der Waals surface area contributed by atoms with Gasteiger partial charge in [0.2, 0.25) is 0 Å². The first-order valence-electron chi connectivity index (χ1n) is 10.6. The zero-order chi connectivity index (χ0) is 19.1. The Morgan fingerprint density at radius 2 is 2.04 bits per heavy atom. The molecule has 3 atom stereocenters. The number of nitrogens with zero attached hydrogens (tertiary/aromatic N) is 1. The third kappa shape index (κ3) is 2.12. The van der Waals surface area contributed by atoms with Crippen LogP contribution in [0, 0.1) is 11.3 Å². The molecule has 0 aromatic heterocycles. The molecule has 1 aromatic carbocycles. The lowest BCUT2D eigenvalue weighted by Gasteiger charge is -2.59. The predicted molar refractivity (Wildman–Crippen MR) is 103 cm³/mol. The van der Waals surface area contributed by atoms with E-state index in [2.05, 4.69) is 21.6 Å². The van der Waals surface area contributed by atoms with Crippen molar-refractivity contribution in [1.29, 1.82) is 0 Å². The number of carbonyl (C=O) groups excluding carboxylic acids is 2. The molecule has 0 bridgehead atoms. The molecule has 1 unspecified atom stereocenters. The summed E-state index contributed by atoms with van der Waals surface area (Å²) in [6.45, 7) is 3.28. The maximum atomic E-state index is 12.8. The summed E-state index contributed by atoms with van der Waals surface area (Å²) in [6, 6.07) is 5.43. The lowest BCUT2D eigenvalue weighted by atomic mass is 9.49. The minimum atomic E-state index is -0.799. The third-order valence-electron chi connectivity index (χ3n) is 8.40. The standard InChI is InChI=1S/C22H27N3O3/c26-16-4-3-15-10-20-5-6-22(18(27)23-19(28)24-22)12-21(20,17(15)9-16)7-8-25(13-20)11-14-1-2-14/h3-4,9,14,26H,1-2,5-8,10-13H2,(H2,23,24,27,28)/t20?,21-,22+/m1/s1. The van der Waals surface area contributed by atoms with E-state index in [9.17, 15) is 14.7 Å². The average Bonchev–Trinajstić information content (AvgIpc) is 3.36. The molecule has 3 aliphatic carbocycles. The fourth-order valence-corrected chi connectivity index (χ4v) is 6.93. The lowest BCUT2D eigenvalue weighted by molar-refractivity contribution is -0.130. The molecule has 1 spiro atoms. The van der Waals surface area contributed by atoms with E-state index in [4.69, 9.17) is 0 Å². The maximum Gasteiger partial charge on any atom is 0.322 e. The molecule has 6 nitrogen and oxygen atoms in total. The number of imide groups is 1. The van der Waals surface area contributed by atoms with Crippen molar-refractivity contribution in [3.63, 3.8) is 0 Å². The maximum absolute atomic E-state index is 12.8. The SMILES string of the molecule is O=C1NC(=O)[C@@]2(CCC34Cc5ccc(O)cc5[C@@]3(CCN(CC3CC3)C4)C2)N1. The largest absolute Gasteiger partial charge is 0.508 e. The number of hydrogen-bond donors (Lipinski definition) is 3. The van der Waals surface area contributed by atoms with Crippen LogP contribution in [-0.2, 0) is 16.6 Å². The first kappa shape index (κ1) is 16.8. The fraction of sp³-hybridized carbons (Fsp3) is 0.636. The van der Waals surface area contributed by atoms with E-state index in [1.165, 1.54) is 30.5 Å².